The molecule has 1 aromatic carbocycles. The number of benzene rings is 1. The maximum Gasteiger partial charge on any atom is 0.240 e. The molecule has 0 spiro atoms. The van der Waals surface area contributed by atoms with Crippen LogP contribution >= 0.6 is 11.3 Å². The van der Waals surface area contributed by atoms with E-state index in [9.17, 15) is 12.8 Å². The van der Waals surface area contributed by atoms with E-state index in [0.717, 1.165) is 28.5 Å². The summed E-state index contributed by atoms with van der Waals surface area (Å²) in [6.07, 6.45) is 2.16. The number of thiazole rings is 1. The fourth-order valence-electron chi connectivity index (χ4n) is 2.04. The maximum atomic E-state index is 12.9. The third-order valence-electron chi connectivity index (χ3n) is 3.23. The second kappa shape index (κ2) is 7.16. The Balaban J connectivity index is 1.60. The number of rotatable bonds is 6. The van der Waals surface area contributed by atoms with Crippen molar-refractivity contribution in [3.63, 3.8) is 0 Å². The molecule has 3 aromatic rings. The molecule has 124 valence electrons. The number of pyridine rings is 1. The molecule has 3 rings (SSSR count). The van der Waals surface area contributed by atoms with Crippen LogP contribution in [-0.2, 0) is 16.4 Å². The van der Waals surface area contributed by atoms with Crippen LogP contribution in [0.3, 0.4) is 0 Å². The molecule has 1 N–H and O–H groups in total. The second-order valence-corrected chi connectivity index (χ2v) is 7.59. The molecule has 0 amide bonds. The minimum atomic E-state index is -3.65. The summed E-state index contributed by atoms with van der Waals surface area (Å²) in [5, 5.41) is 2.68. The highest BCUT2D eigenvalue weighted by Gasteiger charge is 2.14. The molecule has 0 aliphatic carbocycles. The van der Waals surface area contributed by atoms with Gasteiger partial charge in [-0.25, -0.2) is 22.5 Å². The zero-order valence-corrected chi connectivity index (χ0v) is 14.1. The Kier molecular flexibility index (Phi) is 4.98. The SMILES string of the molecule is O=S(=O)(NCCc1csc(-c2ccccn2)n1)c1ccc(F)cc1. The second-order valence-electron chi connectivity index (χ2n) is 4.96. The molecule has 2 aromatic heterocycles. The predicted molar refractivity (Wildman–Crippen MR) is 90.6 cm³/mol. The summed E-state index contributed by atoms with van der Waals surface area (Å²) in [5.41, 5.74) is 1.59. The molecule has 0 aliphatic rings. The normalized spacial score (nSPS) is 11.5. The lowest BCUT2D eigenvalue weighted by atomic mass is 10.3. The number of halogens is 1. The van der Waals surface area contributed by atoms with Crippen molar-refractivity contribution in [3.8, 4) is 10.7 Å². The Bertz CT molecular complexity index is 910. The van der Waals surface area contributed by atoms with E-state index in [0.29, 0.717) is 6.42 Å². The van der Waals surface area contributed by atoms with E-state index in [1.807, 2.05) is 23.6 Å². The summed E-state index contributed by atoms with van der Waals surface area (Å²) >= 11 is 1.47. The van der Waals surface area contributed by atoms with Gasteiger partial charge in [0.15, 0.2) is 0 Å². The van der Waals surface area contributed by atoms with Crippen LogP contribution in [0.4, 0.5) is 4.39 Å². The lowest BCUT2D eigenvalue weighted by Crippen LogP contribution is -2.26. The number of nitrogens with zero attached hydrogens (tertiary/aromatic N) is 2. The lowest BCUT2D eigenvalue weighted by Gasteiger charge is -2.05. The summed E-state index contributed by atoms with van der Waals surface area (Å²) in [5.74, 6) is -0.474. The van der Waals surface area contributed by atoms with E-state index < -0.39 is 15.8 Å². The minimum absolute atomic E-state index is 0.0383. The smallest absolute Gasteiger partial charge is 0.240 e. The molecule has 0 atom stereocenters. The number of aromatic nitrogens is 2. The highest BCUT2D eigenvalue weighted by Crippen LogP contribution is 2.21. The van der Waals surface area contributed by atoms with Gasteiger partial charge in [-0.1, -0.05) is 6.07 Å². The van der Waals surface area contributed by atoms with Crippen LogP contribution in [0.1, 0.15) is 5.69 Å². The van der Waals surface area contributed by atoms with Crippen LogP contribution < -0.4 is 4.72 Å². The lowest BCUT2D eigenvalue weighted by molar-refractivity contribution is 0.580. The predicted octanol–water partition coefficient (Wildman–Crippen LogP) is 2.87. The van der Waals surface area contributed by atoms with Crippen molar-refractivity contribution in [1.29, 1.82) is 0 Å². The van der Waals surface area contributed by atoms with Gasteiger partial charge in [0.2, 0.25) is 10.0 Å². The average molecular weight is 363 g/mol. The molecular formula is C16H14FN3O2S2. The van der Waals surface area contributed by atoms with Gasteiger partial charge in [0, 0.05) is 24.5 Å². The van der Waals surface area contributed by atoms with E-state index in [4.69, 9.17) is 0 Å². The minimum Gasteiger partial charge on any atom is -0.254 e. The molecule has 24 heavy (non-hydrogen) atoms. The molecule has 5 nitrogen and oxygen atoms in total. The zero-order valence-electron chi connectivity index (χ0n) is 12.5. The fraction of sp³-hybridized carbons (Fsp3) is 0.125. The summed E-state index contributed by atoms with van der Waals surface area (Å²) < 4.78 is 39.6. The number of hydrogen-bond acceptors (Lipinski definition) is 5. The summed E-state index contributed by atoms with van der Waals surface area (Å²) in [6.45, 7) is 0.213. The van der Waals surface area contributed by atoms with Gasteiger partial charge in [-0.05, 0) is 36.4 Å². The van der Waals surface area contributed by atoms with Crippen LogP contribution in [0.15, 0.2) is 58.9 Å². The van der Waals surface area contributed by atoms with Gasteiger partial charge < -0.3 is 0 Å². The van der Waals surface area contributed by atoms with Crippen molar-refractivity contribution in [1.82, 2.24) is 14.7 Å². The number of hydrogen-bond donors (Lipinski definition) is 1. The molecule has 8 heteroatoms. The largest absolute Gasteiger partial charge is 0.254 e. The Labute approximate surface area is 143 Å². The monoisotopic (exact) mass is 363 g/mol. The quantitative estimate of drug-likeness (QED) is 0.731. The Hall–Kier alpha value is -2.16. The van der Waals surface area contributed by atoms with E-state index in [2.05, 4.69) is 14.7 Å². The van der Waals surface area contributed by atoms with Crippen molar-refractivity contribution < 1.29 is 12.8 Å². The zero-order chi connectivity index (χ0) is 17.0. The Morgan fingerprint density at radius 3 is 2.62 bits per heavy atom. The van der Waals surface area contributed by atoms with Gasteiger partial charge >= 0.3 is 0 Å². The summed E-state index contributed by atoms with van der Waals surface area (Å²) in [4.78, 5) is 8.73. The summed E-state index contributed by atoms with van der Waals surface area (Å²) in [6, 6.07) is 10.3. The van der Waals surface area contributed by atoms with Crippen LogP contribution in [0.25, 0.3) is 10.7 Å². The van der Waals surface area contributed by atoms with Crippen LogP contribution in [0.5, 0.6) is 0 Å². The third kappa shape index (κ3) is 4.02. The van der Waals surface area contributed by atoms with E-state index >= 15 is 0 Å². The van der Waals surface area contributed by atoms with Gasteiger partial charge in [-0.2, -0.15) is 0 Å². The van der Waals surface area contributed by atoms with Crippen molar-refractivity contribution in [3.05, 3.63) is 65.6 Å². The molecule has 0 bridgehead atoms. The van der Waals surface area contributed by atoms with Gasteiger partial charge in [0.1, 0.15) is 10.8 Å². The van der Waals surface area contributed by atoms with Crippen molar-refractivity contribution in [2.45, 2.75) is 11.3 Å². The first-order valence-corrected chi connectivity index (χ1v) is 9.52. The van der Waals surface area contributed by atoms with Crippen LogP contribution in [0.2, 0.25) is 0 Å². The summed E-state index contributed by atoms with van der Waals surface area (Å²) in [7, 11) is -3.65. The van der Waals surface area contributed by atoms with Gasteiger partial charge in [0.25, 0.3) is 0 Å². The van der Waals surface area contributed by atoms with Gasteiger partial charge in [-0.15, -0.1) is 11.3 Å². The molecule has 0 aliphatic heterocycles. The van der Waals surface area contributed by atoms with E-state index in [-0.39, 0.29) is 11.4 Å². The molecule has 0 fully saturated rings. The van der Waals surface area contributed by atoms with Crippen molar-refractivity contribution in [2.24, 2.45) is 0 Å². The van der Waals surface area contributed by atoms with Gasteiger partial charge in [0.05, 0.1) is 16.3 Å². The molecular weight excluding hydrogens is 349 g/mol. The fourth-order valence-corrected chi connectivity index (χ4v) is 3.90. The van der Waals surface area contributed by atoms with Crippen LogP contribution in [0, 0.1) is 5.82 Å². The molecule has 0 radical (unpaired) electrons. The van der Waals surface area contributed by atoms with Crippen molar-refractivity contribution >= 4 is 21.4 Å². The standard InChI is InChI=1S/C16H14FN3O2S2/c17-12-4-6-14(7-5-12)24(21,22)19-10-8-13-11-23-16(20-13)15-3-1-2-9-18-15/h1-7,9,11,19H,8,10H2. The topological polar surface area (TPSA) is 72.0 Å². The first kappa shape index (κ1) is 16.7. The molecule has 2 heterocycles. The van der Waals surface area contributed by atoms with E-state index in [1.54, 1.807) is 6.20 Å². The first-order valence-electron chi connectivity index (χ1n) is 7.16. The Morgan fingerprint density at radius 2 is 1.92 bits per heavy atom. The van der Waals surface area contributed by atoms with Crippen LogP contribution in [-0.4, -0.2) is 24.9 Å². The number of nitrogens with one attached hydrogen (secondary N) is 1. The van der Waals surface area contributed by atoms with E-state index in [1.165, 1.54) is 23.5 Å². The molecule has 0 saturated heterocycles. The van der Waals surface area contributed by atoms with Gasteiger partial charge in [-0.3, -0.25) is 4.98 Å². The van der Waals surface area contributed by atoms with Crippen molar-refractivity contribution in [2.75, 3.05) is 6.54 Å². The maximum absolute atomic E-state index is 12.9. The Morgan fingerprint density at radius 1 is 1.12 bits per heavy atom. The first-order chi connectivity index (χ1) is 11.5. The molecule has 0 unspecified atom stereocenters. The average Bonchev–Trinajstić information content (AvgIpc) is 3.05. The highest BCUT2D eigenvalue weighted by molar-refractivity contribution is 7.89. The molecule has 0 saturated carbocycles. The third-order valence-corrected chi connectivity index (χ3v) is 5.62. The number of sulfonamides is 1. The highest BCUT2D eigenvalue weighted by atomic mass is 32.2.